The van der Waals surface area contributed by atoms with Crippen LogP contribution in [-0.2, 0) is 11.2 Å². The second-order valence-electron chi connectivity index (χ2n) is 7.33. The number of carbonyl (C=O) groups is 1. The Labute approximate surface area is 172 Å². The lowest BCUT2D eigenvalue weighted by atomic mass is 10.0. The zero-order valence-corrected chi connectivity index (χ0v) is 16.2. The lowest BCUT2D eigenvalue weighted by molar-refractivity contribution is -0.132. The minimum absolute atomic E-state index is 0.0238. The molecule has 1 aromatic heterocycles. The van der Waals surface area contributed by atoms with Crippen LogP contribution in [0.15, 0.2) is 30.5 Å². The second-order valence-corrected chi connectivity index (χ2v) is 7.33. The molecular weight excluding hydrogens is 395 g/mol. The number of aromatic nitrogens is 1. The number of amides is 1. The number of halogens is 3. The lowest BCUT2D eigenvalue weighted by Gasteiger charge is -2.26. The number of nitrogens with two attached hydrogens (primary N) is 1. The van der Waals surface area contributed by atoms with Crippen LogP contribution in [0.3, 0.4) is 0 Å². The Morgan fingerprint density at radius 2 is 2.07 bits per heavy atom. The fourth-order valence-electron chi connectivity index (χ4n) is 3.58. The van der Waals surface area contributed by atoms with Gasteiger partial charge in [0.1, 0.15) is 17.7 Å². The molecule has 2 aromatic rings. The van der Waals surface area contributed by atoms with Crippen LogP contribution in [0.1, 0.15) is 30.4 Å². The maximum Gasteiger partial charge on any atom is 0.224 e. The Hall–Kier alpha value is -3.12. The molecule has 0 unspecified atom stereocenters. The number of rotatable bonds is 7. The Balaban J connectivity index is 1.54. The van der Waals surface area contributed by atoms with Gasteiger partial charge in [-0.05, 0) is 43.0 Å². The molecule has 0 spiro atoms. The van der Waals surface area contributed by atoms with Gasteiger partial charge in [-0.2, -0.15) is 5.26 Å². The number of hydrogen-bond acceptors (Lipinski definition) is 5. The van der Waals surface area contributed by atoms with Gasteiger partial charge in [0.25, 0.3) is 0 Å². The SMILES string of the molecule is N#Cc1ccc(NC[C@@H]2CCCN2C(=O)C[C@H](N)Cc2cc(F)c(F)cc2F)nc1. The van der Waals surface area contributed by atoms with Crippen molar-refractivity contribution in [3.63, 3.8) is 0 Å². The number of nitriles is 1. The van der Waals surface area contributed by atoms with Gasteiger partial charge in [-0.3, -0.25) is 4.79 Å². The molecule has 1 aliphatic rings. The van der Waals surface area contributed by atoms with Crippen molar-refractivity contribution in [2.45, 2.75) is 37.8 Å². The first-order valence-corrected chi connectivity index (χ1v) is 9.66. The van der Waals surface area contributed by atoms with Crippen LogP contribution in [0.25, 0.3) is 0 Å². The summed E-state index contributed by atoms with van der Waals surface area (Å²) in [5, 5.41) is 12.0. The summed E-state index contributed by atoms with van der Waals surface area (Å²) in [5.74, 6) is -2.84. The van der Waals surface area contributed by atoms with Crippen molar-refractivity contribution in [2.24, 2.45) is 5.73 Å². The van der Waals surface area contributed by atoms with Crippen LogP contribution in [0, 0.1) is 28.8 Å². The molecule has 2 heterocycles. The minimum atomic E-state index is -1.26. The van der Waals surface area contributed by atoms with Gasteiger partial charge in [0.2, 0.25) is 5.91 Å². The van der Waals surface area contributed by atoms with Crippen LogP contribution < -0.4 is 11.1 Å². The highest BCUT2D eigenvalue weighted by atomic mass is 19.2. The van der Waals surface area contributed by atoms with Crippen LogP contribution in [0.2, 0.25) is 0 Å². The third-order valence-corrected chi connectivity index (χ3v) is 5.12. The summed E-state index contributed by atoms with van der Waals surface area (Å²) >= 11 is 0. The van der Waals surface area contributed by atoms with Gasteiger partial charge >= 0.3 is 0 Å². The van der Waals surface area contributed by atoms with E-state index in [1.165, 1.54) is 6.20 Å². The monoisotopic (exact) mass is 417 g/mol. The largest absolute Gasteiger partial charge is 0.368 e. The van der Waals surface area contributed by atoms with Crippen molar-refractivity contribution in [1.29, 1.82) is 5.26 Å². The Bertz CT molecular complexity index is 945. The standard InChI is InChI=1S/C21H22F3N5O/c22-17-9-19(24)18(23)7-14(17)6-15(26)8-21(30)29-5-1-2-16(29)12-28-20-4-3-13(10-25)11-27-20/h3-4,7,9,11,15-16H,1-2,5-6,8,12,26H2,(H,27,28)/t15-,16+/m1/s1. The van der Waals surface area contributed by atoms with Crippen molar-refractivity contribution < 1.29 is 18.0 Å². The first-order chi connectivity index (χ1) is 14.4. The van der Waals surface area contributed by atoms with Gasteiger partial charge in [-0.15, -0.1) is 0 Å². The molecule has 158 valence electrons. The van der Waals surface area contributed by atoms with Gasteiger partial charge in [0.15, 0.2) is 11.6 Å². The zero-order chi connectivity index (χ0) is 21.7. The van der Waals surface area contributed by atoms with E-state index in [-0.39, 0.29) is 30.4 Å². The summed E-state index contributed by atoms with van der Waals surface area (Å²) in [6, 6.07) is 5.87. The smallest absolute Gasteiger partial charge is 0.224 e. The number of anilines is 1. The third-order valence-electron chi connectivity index (χ3n) is 5.12. The summed E-state index contributed by atoms with van der Waals surface area (Å²) in [6.07, 6.45) is 3.05. The van der Waals surface area contributed by atoms with Crippen molar-refractivity contribution in [2.75, 3.05) is 18.4 Å². The van der Waals surface area contributed by atoms with Crippen molar-refractivity contribution in [3.8, 4) is 6.07 Å². The van der Waals surface area contributed by atoms with E-state index in [1.807, 2.05) is 6.07 Å². The second kappa shape index (κ2) is 9.59. The van der Waals surface area contributed by atoms with Crippen LogP contribution in [0.5, 0.6) is 0 Å². The average molecular weight is 417 g/mol. The van der Waals surface area contributed by atoms with Gasteiger partial charge in [0.05, 0.1) is 5.56 Å². The Morgan fingerprint density at radius 3 is 2.77 bits per heavy atom. The normalized spacial score (nSPS) is 16.9. The molecule has 1 amide bonds. The van der Waals surface area contributed by atoms with E-state index in [2.05, 4.69) is 10.3 Å². The van der Waals surface area contributed by atoms with E-state index in [0.717, 1.165) is 18.9 Å². The zero-order valence-electron chi connectivity index (χ0n) is 16.2. The molecule has 0 aliphatic carbocycles. The van der Waals surface area contributed by atoms with E-state index in [4.69, 9.17) is 11.0 Å². The van der Waals surface area contributed by atoms with Crippen LogP contribution in [-0.4, -0.2) is 41.0 Å². The number of pyridine rings is 1. The Kier molecular flexibility index (Phi) is 6.90. The van der Waals surface area contributed by atoms with E-state index < -0.39 is 23.5 Å². The summed E-state index contributed by atoms with van der Waals surface area (Å²) in [4.78, 5) is 18.6. The number of likely N-dealkylation sites (tertiary alicyclic amines) is 1. The fourth-order valence-corrected chi connectivity index (χ4v) is 3.58. The van der Waals surface area contributed by atoms with Crippen molar-refractivity contribution in [1.82, 2.24) is 9.88 Å². The third kappa shape index (κ3) is 5.27. The lowest BCUT2D eigenvalue weighted by Crippen LogP contribution is -2.42. The summed E-state index contributed by atoms with van der Waals surface area (Å²) in [5.41, 5.74) is 6.39. The molecular formula is C21H22F3N5O. The minimum Gasteiger partial charge on any atom is -0.368 e. The molecule has 3 N–H and O–H groups in total. The number of hydrogen-bond donors (Lipinski definition) is 2. The molecule has 0 radical (unpaired) electrons. The maximum atomic E-state index is 13.8. The number of benzene rings is 1. The topological polar surface area (TPSA) is 95.0 Å². The molecule has 9 heteroatoms. The molecule has 1 aliphatic heterocycles. The quantitative estimate of drug-likeness (QED) is 0.676. The first-order valence-electron chi connectivity index (χ1n) is 9.66. The Morgan fingerprint density at radius 1 is 1.30 bits per heavy atom. The summed E-state index contributed by atoms with van der Waals surface area (Å²) in [7, 11) is 0. The molecule has 1 aromatic carbocycles. The van der Waals surface area contributed by atoms with Crippen molar-refractivity contribution in [3.05, 3.63) is 59.0 Å². The van der Waals surface area contributed by atoms with Crippen LogP contribution >= 0.6 is 0 Å². The van der Waals surface area contributed by atoms with E-state index in [1.54, 1.807) is 17.0 Å². The maximum absolute atomic E-state index is 13.8. The molecule has 30 heavy (non-hydrogen) atoms. The van der Waals surface area contributed by atoms with E-state index in [0.29, 0.717) is 30.5 Å². The number of carbonyl (C=O) groups excluding carboxylic acids is 1. The van der Waals surface area contributed by atoms with Crippen molar-refractivity contribution >= 4 is 11.7 Å². The molecule has 0 saturated carbocycles. The first kappa shape index (κ1) is 21.6. The summed E-state index contributed by atoms with van der Waals surface area (Å²) < 4.78 is 40.2. The highest BCUT2D eigenvalue weighted by Gasteiger charge is 2.29. The van der Waals surface area contributed by atoms with Gasteiger partial charge in [-0.25, -0.2) is 18.2 Å². The molecule has 3 rings (SSSR count). The molecule has 0 bridgehead atoms. The molecule has 1 saturated heterocycles. The highest BCUT2D eigenvalue weighted by molar-refractivity contribution is 5.77. The summed E-state index contributed by atoms with van der Waals surface area (Å²) in [6.45, 7) is 1.09. The predicted octanol–water partition coefficient (Wildman–Crippen LogP) is 2.73. The molecule has 1 fully saturated rings. The molecule has 6 nitrogen and oxygen atoms in total. The van der Waals surface area contributed by atoms with E-state index >= 15 is 0 Å². The van der Waals surface area contributed by atoms with Gasteiger partial charge in [-0.1, -0.05) is 0 Å². The van der Waals surface area contributed by atoms with Gasteiger partial charge in [0, 0.05) is 43.9 Å². The van der Waals surface area contributed by atoms with Gasteiger partial charge < -0.3 is 16.0 Å². The highest BCUT2D eigenvalue weighted by Crippen LogP contribution is 2.21. The average Bonchev–Trinajstić information content (AvgIpc) is 3.19. The van der Waals surface area contributed by atoms with E-state index in [9.17, 15) is 18.0 Å². The fraction of sp³-hybridized carbons (Fsp3) is 0.381. The van der Waals surface area contributed by atoms with Crippen LogP contribution in [0.4, 0.5) is 19.0 Å². The number of nitrogens with zero attached hydrogens (tertiary/aromatic N) is 3. The molecule has 2 atom stereocenters. The predicted molar refractivity (Wildman–Crippen MR) is 105 cm³/mol. The number of nitrogens with one attached hydrogen (secondary N) is 1.